The van der Waals surface area contributed by atoms with Crippen LogP contribution < -0.4 is 5.32 Å². The quantitative estimate of drug-likeness (QED) is 0.572. The fourth-order valence-electron chi connectivity index (χ4n) is 3.16. The van der Waals surface area contributed by atoms with Gasteiger partial charge in [0.15, 0.2) is 0 Å². The molecule has 0 aromatic rings. The molecular weight excluding hydrogens is 250 g/mol. The second-order valence-electron chi connectivity index (χ2n) is 6.96. The summed E-state index contributed by atoms with van der Waals surface area (Å²) in [6.07, 6.45) is 8.61. The lowest BCUT2D eigenvalue weighted by atomic mass is 9.83. The zero-order valence-corrected chi connectivity index (χ0v) is 13.8. The molecular formula is C17H35NO2. The van der Waals surface area contributed by atoms with Crippen LogP contribution in [0.5, 0.6) is 0 Å². The molecule has 1 unspecified atom stereocenters. The molecule has 0 spiro atoms. The van der Waals surface area contributed by atoms with E-state index in [2.05, 4.69) is 26.1 Å². The SMILES string of the molecule is CCC1(CNCC(O)COCCCC(C)C)CCCC1. The monoisotopic (exact) mass is 285 g/mol. The Hall–Kier alpha value is -0.120. The first-order valence-electron chi connectivity index (χ1n) is 8.54. The van der Waals surface area contributed by atoms with Gasteiger partial charge in [-0.25, -0.2) is 0 Å². The Morgan fingerprint density at radius 3 is 2.55 bits per heavy atom. The molecule has 1 aliphatic carbocycles. The van der Waals surface area contributed by atoms with E-state index in [0.717, 1.165) is 25.5 Å². The Morgan fingerprint density at radius 1 is 1.25 bits per heavy atom. The summed E-state index contributed by atoms with van der Waals surface area (Å²) in [5.41, 5.74) is 0.498. The molecule has 1 aliphatic rings. The normalized spacial score (nSPS) is 19.6. The van der Waals surface area contributed by atoms with Gasteiger partial charge in [-0.2, -0.15) is 0 Å². The van der Waals surface area contributed by atoms with Crippen LogP contribution in [0.2, 0.25) is 0 Å². The Kier molecular flexibility index (Phi) is 8.74. The lowest BCUT2D eigenvalue weighted by Gasteiger charge is -2.28. The van der Waals surface area contributed by atoms with Gasteiger partial charge in [0.05, 0.1) is 12.7 Å². The number of hydrogen-bond donors (Lipinski definition) is 2. The zero-order chi connectivity index (χ0) is 14.8. The highest BCUT2D eigenvalue weighted by Crippen LogP contribution is 2.40. The summed E-state index contributed by atoms with van der Waals surface area (Å²) < 4.78 is 5.53. The van der Waals surface area contributed by atoms with Gasteiger partial charge in [0, 0.05) is 19.7 Å². The van der Waals surface area contributed by atoms with Crippen LogP contribution in [0.25, 0.3) is 0 Å². The summed E-state index contributed by atoms with van der Waals surface area (Å²) in [7, 11) is 0. The van der Waals surface area contributed by atoms with Crippen molar-refractivity contribution in [2.45, 2.75) is 71.8 Å². The molecule has 1 atom stereocenters. The summed E-state index contributed by atoms with van der Waals surface area (Å²) in [6.45, 7) is 9.69. The summed E-state index contributed by atoms with van der Waals surface area (Å²) in [5.74, 6) is 0.738. The summed E-state index contributed by atoms with van der Waals surface area (Å²) in [6, 6.07) is 0. The van der Waals surface area contributed by atoms with Crippen molar-refractivity contribution in [1.29, 1.82) is 0 Å². The second kappa shape index (κ2) is 9.75. The minimum Gasteiger partial charge on any atom is -0.389 e. The Morgan fingerprint density at radius 2 is 1.95 bits per heavy atom. The van der Waals surface area contributed by atoms with E-state index < -0.39 is 0 Å². The standard InChI is InChI=1S/C17H35NO2/c1-4-17(9-5-6-10-17)14-18-12-16(19)13-20-11-7-8-15(2)3/h15-16,18-19H,4-14H2,1-3H3. The third kappa shape index (κ3) is 7.05. The highest BCUT2D eigenvalue weighted by molar-refractivity contribution is 4.85. The molecule has 0 heterocycles. The van der Waals surface area contributed by atoms with Crippen molar-refractivity contribution in [2.24, 2.45) is 11.3 Å². The van der Waals surface area contributed by atoms with Crippen molar-refractivity contribution in [3.05, 3.63) is 0 Å². The van der Waals surface area contributed by atoms with E-state index in [1.54, 1.807) is 0 Å². The molecule has 120 valence electrons. The van der Waals surface area contributed by atoms with Gasteiger partial charge in [0.1, 0.15) is 0 Å². The molecule has 1 saturated carbocycles. The lowest BCUT2D eigenvalue weighted by Crippen LogP contribution is -2.37. The van der Waals surface area contributed by atoms with E-state index >= 15 is 0 Å². The number of hydrogen-bond acceptors (Lipinski definition) is 3. The van der Waals surface area contributed by atoms with Crippen LogP contribution in [-0.4, -0.2) is 37.5 Å². The van der Waals surface area contributed by atoms with Gasteiger partial charge in [-0.1, -0.05) is 33.6 Å². The third-order valence-electron chi connectivity index (χ3n) is 4.67. The van der Waals surface area contributed by atoms with Crippen molar-refractivity contribution in [1.82, 2.24) is 5.32 Å². The maximum atomic E-state index is 9.90. The molecule has 0 aromatic carbocycles. The molecule has 2 N–H and O–H groups in total. The second-order valence-corrected chi connectivity index (χ2v) is 6.96. The topological polar surface area (TPSA) is 41.5 Å². The van der Waals surface area contributed by atoms with Crippen molar-refractivity contribution in [3.8, 4) is 0 Å². The van der Waals surface area contributed by atoms with Crippen LogP contribution in [0.1, 0.15) is 65.7 Å². The molecule has 0 saturated heterocycles. The lowest BCUT2D eigenvalue weighted by molar-refractivity contribution is 0.0333. The van der Waals surface area contributed by atoms with Gasteiger partial charge in [-0.3, -0.25) is 0 Å². The first-order valence-corrected chi connectivity index (χ1v) is 8.54. The first kappa shape index (κ1) is 17.9. The van der Waals surface area contributed by atoms with E-state index in [9.17, 15) is 5.11 Å². The highest BCUT2D eigenvalue weighted by Gasteiger charge is 2.31. The minimum absolute atomic E-state index is 0.371. The largest absolute Gasteiger partial charge is 0.389 e. The average molecular weight is 285 g/mol. The number of rotatable bonds is 11. The molecule has 0 aliphatic heterocycles. The molecule has 0 radical (unpaired) electrons. The number of nitrogens with one attached hydrogen (secondary N) is 1. The predicted molar refractivity (Wildman–Crippen MR) is 85.0 cm³/mol. The number of aliphatic hydroxyl groups excluding tert-OH is 1. The Labute approximate surface area is 125 Å². The van der Waals surface area contributed by atoms with Crippen LogP contribution in [0.4, 0.5) is 0 Å². The summed E-state index contributed by atoms with van der Waals surface area (Å²) >= 11 is 0. The summed E-state index contributed by atoms with van der Waals surface area (Å²) in [4.78, 5) is 0. The molecule has 0 aromatic heterocycles. The van der Waals surface area contributed by atoms with Crippen molar-refractivity contribution < 1.29 is 9.84 Å². The average Bonchev–Trinajstić information content (AvgIpc) is 2.87. The molecule has 0 amide bonds. The molecule has 1 rings (SSSR count). The summed E-state index contributed by atoms with van der Waals surface area (Å²) in [5, 5.41) is 13.3. The van der Waals surface area contributed by atoms with Crippen molar-refractivity contribution in [2.75, 3.05) is 26.3 Å². The first-order chi connectivity index (χ1) is 9.58. The van der Waals surface area contributed by atoms with Gasteiger partial charge in [0.25, 0.3) is 0 Å². The maximum absolute atomic E-state index is 9.90. The highest BCUT2D eigenvalue weighted by atomic mass is 16.5. The van der Waals surface area contributed by atoms with Crippen LogP contribution in [0.3, 0.4) is 0 Å². The van der Waals surface area contributed by atoms with Crippen LogP contribution >= 0.6 is 0 Å². The Balaban J connectivity index is 2.01. The number of aliphatic hydroxyl groups is 1. The van der Waals surface area contributed by atoms with Crippen LogP contribution in [0.15, 0.2) is 0 Å². The maximum Gasteiger partial charge on any atom is 0.0897 e. The smallest absolute Gasteiger partial charge is 0.0897 e. The molecule has 20 heavy (non-hydrogen) atoms. The van der Waals surface area contributed by atoms with Crippen LogP contribution in [0, 0.1) is 11.3 Å². The molecule has 3 heteroatoms. The van der Waals surface area contributed by atoms with Gasteiger partial charge in [-0.15, -0.1) is 0 Å². The minimum atomic E-state index is -0.371. The van der Waals surface area contributed by atoms with Gasteiger partial charge in [-0.05, 0) is 43.4 Å². The van der Waals surface area contributed by atoms with Gasteiger partial charge < -0.3 is 15.2 Å². The van der Waals surface area contributed by atoms with Crippen molar-refractivity contribution in [3.63, 3.8) is 0 Å². The van der Waals surface area contributed by atoms with Crippen LogP contribution in [-0.2, 0) is 4.74 Å². The van der Waals surface area contributed by atoms with E-state index in [4.69, 9.17) is 4.74 Å². The van der Waals surface area contributed by atoms with Gasteiger partial charge in [0.2, 0.25) is 0 Å². The van der Waals surface area contributed by atoms with E-state index in [-0.39, 0.29) is 6.10 Å². The fraction of sp³-hybridized carbons (Fsp3) is 1.00. The van der Waals surface area contributed by atoms with Crippen molar-refractivity contribution >= 4 is 0 Å². The molecule has 3 nitrogen and oxygen atoms in total. The predicted octanol–water partition coefficient (Wildman–Crippen LogP) is 3.36. The van der Waals surface area contributed by atoms with E-state index in [0.29, 0.717) is 18.6 Å². The molecule has 0 bridgehead atoms. The number of ether oxygens (including phenoxy) is 1. The Bertz CT molecular complexity index is 237. The third-order valence-corrected chi connectivity index (χ3v) is 4.67. The van der Waals surface area contributed by atoms with E-state index in [1.807, 2.05) is 0 Å². The molecule has 1 fully saturated rings. The zero-order valence-electron chi connectivity index (χ0n) is 13.8. The van der Waals surface area contributed by atoms with Gasteiger partial charge >= 0.3 is 0 Å². The van der Waals surface area contributed by atoms with E-state index in [1.165, 1.54) is 38.5 Å². The fourth-order valence-corrected chi connectivity index (χ4v) is 3.16.